The van der Waals surface area contributed by atoms with Crippen LogP contribution in [0.15, 0.2) is 48.5 Å². The average Bonchev–Trinajstić information content (AvgIpc) is 2.70. The van der Waals surface area contributed by atoms with Crippen LogP contribution in [0.2, 0.25) is 5.02 Å². The second kappa shape index (κ2) is 7.86. The van der Waals surface area contributed by atoms with Crippen LogP contribution in [0.25, 0.3) is 0 Å². The van der Waals surface area contributed by atoms with E-state index in [0.29, 0.717) is 34.5 Å². The van der Waals surface area contributed by atoms with Crippen molar-refractivity contribution in [3.05, 3.63) is 64.8 Å². The molecule has 28 heavy (non-hydrogen) atoms. The van der Waals surface area contributed by atoms with Gasteiger partial charge in [-0.1, -0.05) is 23.7 Å². The summed E-state index contributed by atoms with van der Waals surface area (Å²) in [7, 11) is 1.61. The summed E-state index contributed by atoms with van der Waals surface area (Å²) in [6.07, 6.45) is 2.03. The highest BCUT2D eigenvalue weighted by Crippen LogP contribution is 2.31. The number of carbonyl (C=O) groups excluding carboxylic acids is 1. The highest BCUT2D eigenvalue weighted by molar-refractivity contribution is 6.30. The Hall–Kier alpha value is -3.12. The number of benzene rings is 2. The van der Waals surface area contributed by atoms with Crippen LogP contribution in [-0.4, -0.2) is 22.9 Å². The first kappa shape index (κ1) is 18.3. The van der Waals surface area contributed by atoms with Crippen molar-refractivity contribution in [1.82, 2.24) is 9.97 Å². The topological polar surface area (TPSA) is 76.1 Å². The van der Waals surface area contributed by atoms with Crippen molar-refractivity contribution in [3.63, 3.8) is 0 Å². The first-order valence-electron chi connectivity index (χ1n) is 9.01. The molecule has 0 saturated heterocycles. The van der Waals surface area contributed by atoms with Gasteiger partial charge in [0.25, 0.3) is 0 Å². The van der Waals surface area contributed by atoms with E-state index in [2.05, 4.69) is 20.6 Å². The van der Waals surface area contributed by atoms with Crippen molar-refractivity contribution >= 4 is 40.5 Å². The van der Waals surface area contributed by atoms with Crippen molar-refractivity contribution in [2.75, 3.05) is 17.7 Å². The van der Waals surface area contributed by atoms with Crippen molar-refractivity contribution in [3.8, 4) is 5.75 Å². The Bertz CT molecular complexity index is 1020. The van der Waals surface area contributed by atoms with E-state index in [0.717, 1.165) is 29.9 Å². The number of Topliss-reactive ketones (excluding diaryl/α,β-unsaturated/α-hetero) is 1. The van der Waals surface area contributed by atoms with E-state index in [1.165, 1.54) is 0 Å². The van der Waals surface area contributed by atoms with Gasteiger partial charge in [-0.25, -0.2) is 4.98 Å². The highest BCUT2D eigenvalue weighted by atomic mass is 35.5. The minimum Gasteiger partial charge on any atom is -0.495 e. The maximum Gasteiger partial charge on any atom is 0.229 e. The van der Waals surface area contributed by atoms with E-state index in [1.54, 1.807) is 19.2 Å². The monoisotopic (exact) mass is 394 g/mol. The van der Waals surface area contributed by atoms with Gasteiger partial charge in [0, 0.05) is 17.1 Å². The molecule has 1 aromatic heterocycles. The molecule has 4 rings (SSSR count). The number of halogens is 1. The lowest BCUT2D eigenvalue weighted by molar-refractivity contribution is 0.0972. The number of carbonyl (C=O) groups is 1. The third-order valence-corrected chi connectivity index (χ3v) is 4.79. The summed E-state index contributed by atoms with van der Waals surface area (Å²) < 4.78 is 5.38. The number of nitrogens with zero attached hydrogens (tertiary/aromatic N) is 2. The van der Waals surface area contributed by atoms with Crippen LogP contribution in [0.1, 0.15) is 28.9 Å². The number of hydrogen-bond acceptors (Lipinski definition) is 6. The van der Waals surface area contributed by atoms with Gasteiger partial charge in [-0.3, -0.25) is 4.79 Å². The molecule has 1 aliphatic rings. The van der Waals surface area contributed by atoms with Gasteiger partial charge in [0.2, 0.25) is 5.95 Å². The zero-order valence-electron chi connectivity index (χ0n) is 15.3. The van der Waals surface area contributed by atoms with Gasteiger partial charge >= 0.3 is 0 Å². The second-order valence-electron chi connectivity index (χ2n) is 6.45. The van der Waals surface area contributed by atoms with Gasteiger partial charge in [-0.2, -0.15) is 4.98 Å². The SMILES string of the molecule is COc1ccccc1Nc1nc2c(c(Nc3ccc(Cl)cc3)n1)C(=O)CCC2. The lowest BCUT2D eigenvalue weighted by Crippen LogP contribution is -2.18. The fraction of sp³-hybridized carbons (Fsp3) is 0.190. The summed E-state index contributed by atoms with van der Waals surface area (Å²) in [6, 6.07) is 14.8. The molecule has 142 valence electrons. The van der Waals surface area contributed by atoms with Crippen LogP contribution in [0.4, 0.5) is 23.1 Å². The fourth-order valence-corrected chi connectivity index (χ4v) is 3.33. The van der Waals surface area contributed by atoms with Gasteiger partial charge < -0.3 is 15.4 Å². The van der Waals surface area contributed by atoms with Gasteiger partial charge in [0.1, 0.15) is 11.6 Å². The van der Waals surface area contributed by atoms with E-state index in [9.17, 15) is 4.79 Å². The smallest absolute Gasteiger partial charge is 0.229 e. The molecular formula is C21H19ClN4O2. The Morgan fingerprint density at radius 2 is 1.79 bits per heavy atom. The summed E-state index contributed by atoms with van der Waals surface area (Å²) in [5.74, 6) is 1.65. The molecule has 0 aliphatic heterocycles. The lowest BCUT2D eigenvalue weighted by atomic mass is 9.95. The van der Waals surface area contributed by atoms with Crippen molar-refractivity contribution in [2.24, 2.45) is 0 Å². The van der Waals surface area contributed by atoms with E-state index in [4.69, 9.17) is 16.3 Å². The van der Waals surface area contributed by atoms with Crippen molar-refractivity contribution < 1.29 is 9.53 Å². The van der Waals surface area contributed by atoms with Gasteiger partial charge in [0.15, 0.2) is 5.78 Å². The zero-order valence-corrected chi connectivity index (χ0v) is 16.1. The molecule has 0 atom stereocenters. The number of para-hydroxylation sites is 2. The Morgan fingerprint density at radius 3 is 2.57 bits per heavy atom. The summed E-state index contributed by atoms with van der Waals surface area (Å²) in [5, 5.41) is 7.09. The Morgan fingerprint density at radius 1 is 1.00 bits per heavy atom. The van der Waals surface area contributed by atoms with Crippen molar-refractivity contribution in [1.29, 1.82) is 0 Å². The van der Waals surface area contributed by atoms with Gasteiger partial charge in [-0.15, -0.1) is 0 Å². The molecule has 0 bridgehead atoms. The van der Waals surface area contributed by atoms with Gasteiger partial charge in [0.05, 0.1) is 24.1 Å². The number of anilines is 4. The number of aryl methyl sites for hydroxylation is 1. The molecule has 3 aromatic rings. The van der Waals surface area contributed by atoms with Crippen molar-refractivity contribution in [2.45, 2.75) is 19.3 Å². The predicted molar refractivity (Wildman–Crippen MR) is 110 cm³/mol. The summed E-state index contributed by atoms with van der Waals surface area (Å²) in [4.78, 5) is 21.7. The average molecular weight is 395 g/mol. The summed E-state index contributed by atoms with van der Waals surface area (Å²) >= 11 is 5.97. The van der Waals surface area contributed by atoms with Crippen LogP contribution < -0.4 is 15.4 Å². The molecule has 0 amide bonds. The third-order valence-electron chi connectivity index (χ3n) is 4.54. The van der Waals surface area contributed by atoms with Crippen LogP contribution in [0.5, 0.6) is 5.75 Å². The maximum atomic E-state index is 12.5. The number of hydrogen-bond donors (Lipinski definition) is 2. The quantitative estimate of drug-likeness (QED) is 0.623. The molecule has 0 unspecified atom stereocenters. The molecule has 1 heterocycles. The minimum absolute atomic E-state index is 0.0570. The number of fused-ring (bicyclic) bond motifs is 1. The number of aromatic nitrogens is 2. The van der Waals surface area contributed by atoms with Crippen LogP contribution in [-0.2, 0) is 6.42 Å². The Kier molecular flexibility index (Phi) is 5.12. The number of ether oxygens (including phenoxy) is 1. The summed E-state index contributed by atoms with van der Waals surface area (Å²) in [6.45, 7) is 0. The predicted octanol–water partition coefficient (Wildman–Crippen LogP) is 5.14. The molecule has 7 heteroatoms. The first-order valence-corrected chi connectivity index (χ1v) is 9.38. The number of nitrogens with one attached hydrogen (secondary N) is 2. The number of methoxy groups -OCH3 is 1. The standard InChI is InChI=1S/C21H19ClN4O2/c1-28-18-8-3-2-5-15(18)24-21-25-16-6-4-7-17(27)19(16)20(26-21)23-14-11-9-13(22)10-12-14/h2-3,5,8-12H,4,6-7H2,1H3,(H2,23,24,25,26). The minimum atomic E-state index is 0.0570. The molecule has 0 fully saturated rings. The van der Waals surface area contributed by atoms with E-state index in [-0.39, 0.29) is 5.78 Å². The molecular weight excluding hydrogens is 376 g/mol. The molecule has 2 aromatic carbocycles. The van der Waals surface area contributed by atoms with E-state index in [1.807, 2.05) is 36.4 Å². The highest BCUT2D eigenvalue weighted by Gasteiger charge is 2.25. The molecule has 0 saturated carbocycles. The normalized spacial score (nSPS) is 13.0. The molecule has 0 spiro atoms. The van der Waals surface area contributed by atoms with Gasteiger partial charge in [-0.05, 0) is 49.2 Å². The lowest BCUT2D eigenvalue weighted by Gasteiger charge is -2.19. The first-order chi connectivity index (χ1) is 13.6. The fourth-order valence-electron chi connectivity index (χ4n) is 3.21. The Labute approximate surface area is 167 Å². The third kappa shape index (κ3) is 3.77. The number of ketones is 1. The Balaban J connectivity index is 1.74. The molecule has 6 nitrogen and oxygen atoms in total. The number of rotatable bonds is 5. The van der Waals surface area contributed by atoms with E-state index < -0.39 is 0 Å². The van der Waals surface area contributed by atoms with Crippen LogP contribution in [0, 0.1) is 0 Å². The largest absolute Gasteiger partial charge is 0.495 e. The molecule has 2 N–H and O–H groups in total. The molecule has 1 aliphatic carbocycles. The molecule has 0 radical (unpaired) electrons. The zero-order chi connectivity index (χ0) is 19.5. The van der Waals surface area contributed by atoms with E-state index >= 15 is 0 Å². The second-order valence-corrected chi connectivity index (χ2v) is 6.89. The van der Waals surface area contributed by atoms with Crippen LogP contribution in [0.3, 0.4) is 0 Å². The van der Waals surface area contributed by atoms with Crippen LogP contribution >= 0.6 is 11.6 Å². The maximum absolute atomic E-state index is 12.5. The summed E-state index contributed by atoms with van der Waals surface area (Å²) in [5.41, 5.74) is 2.86.